The lowest BCUT2D eigenvalue weighted by Gasteiger charge is -2.13. The largest absolute Gasteiger partial charge is 0.310 e. The summed E-state index contributed by atoms with van der Waals surface area (Å²) in [6.45, 7) is 0. The van der Waals surface area contributed by atoms with Crippen LogP contribution in [0.2, 0.25) is 0 Å². The van der Waals surface area contributed by atoms with Gasteiger partial charge in [0.1, 0.15) is 0 Å². The molecule has 0 amide bonds. The van der Waals surface area contributed by atoms with E-state index in [1.54, 1.807) is 0 Å². The second-order valence-corrected chi connectivity index (χ2v) is 19.9. The van der Waals surface area contributed by atoms with Crippen molar-refractivity contribution >= 4 is 44.4 Å². The first-order chi connectivity index (χ1) is 36.7. The number of rotatable bonds is 9. The highest BCUT2D eigenvalue weighted by Gasteiger charge is 2.19. The molecule has 0 saturated carbocycles. The topological polar surface area (TPSA) is 9.86 Å². The first-order valence-electron chi connectivity index (χ1n) is 26.1. The van der Waals surface area contributed by atoms with Crippen LogP contribution in [0.4, 0.5) is 0 Å². The second kappa shape index (κ2) is 18.4. The van der Waals surface area contributed by atoms with E-state index in [9.17, 15) is 0 Å². The fourth-order valence-corrected chi connectivity index (χ4v) is 11.7. The molecule has 0 spiro atoms. The van der Waals surface area contributed by atoms with Gasteiger partial charge in [0.25, 0.3) is 0 Å². The summed E-state index contributed by atoms with van der Waals surface area (Å²) < 4.78 is 4.87. The van der Waals surface area contributed by atoms with Crippen LogP contribution in [0.15, 0.2) is 261 Å². The van der Waals surface area contributed by atoms with E-state index in [-0.39, 0.29) is 0 Å². The quantitative estimate of drug-likeness (QED) is 0.136. The molecule has 0 atom stereocenters. The van der Waals surface area contributed by atoms with E-state index in [1.165, 1.54) is 128 Å². The van der Waals surface area contributed by atoms with Gasteiger partial charge in [0, 0.05) is 33.2 Å². The molecule has 2 aromatic heterocycles. The summed E-state index contributed by atoms with van der Waals surface area (Å²) in [4.78, 5) is 0. The third kappa shape index (κ3) is 7.84. The number of allylic oxidation sites excluding steroid dienone is 5. The summed E-state index contributed by atoms with van der Waals surface area (Å²) in [7, 11) is 0. The van der Waals surface area contributed by atoms with Crippen molar-refractivity contribution in [2.75, 3.05) is 0 Å². The molecule has 2 heteroatoms. The van der Waals surface area contributed by atoms with E-state index < -0.39 is 0 Å². The van der Waals surface area contributed by atoms with Crippen molar-refractivity contribution in [3.05, 3.63) is 278 Å². The van der Waals surface area contributed by atoms with Crippen molar-refractivity contribution in [3.8, 4) is 78.1 Å². The van der Waals surface area contributed by atoms with E-state index in [0.717, 1.165) is 31.4 Å². The van der Waals surface area contributed by atoms with Gasteiger partial charge in [-0.05, 0) is 182 Å². The van der Waals surface area contributed by atoms with Gasteiger partial charge in [0.15, 0.2) is 0 Å². The summed E-state index contributed by atoms with van der Waals surface area (Å²) in [5, 5.41) is 3.86. The molecule has 0 aliphatic heterocycles. The number of benzene rings is 10. The van der Waals surface area contributed by atoms with Crippen LogP contribution in [-0.4, -0.2) is 9.13 Å². The minimum atomic E-state index is 1.08. The lowest BCUT2D eigenvalue weighted by Crippen LogP contribution is -2.00. The molecule has 2 nitrogen and oxygen atoms in total. The number of nitrogens with zero attached hydrogens (tertiary/aromatic N) is 2. The lowest BCUT2D eigenvalue weighted by atomic mass is 9.93. The summed E-state index contributed by atoms with van der Waals surface area (Å²) >= 11 is 0. The van der Waals surface area contributed by atoms with Crippen LogP contribution in [0.3, 0.4) is 0 Å². The molecule has 350 valence electrons. The number of hydrogen-bond donors (Lipinski definition) is 0. The standard InChI is InChI=1S/C72H52N2/c1-2-15-49(16-3-1)53-17-10-20-56(43-53)58-22-13-23-59(46-58)57-21-11-18-54(44-57)50-33-35-51(36-34-50)55-19-12-24-60(45-55)61-25-14-26-64(47-61)74-71-32-9-6-29-67(71)68-42-39-62(48-72(68)74)52-37-40-63(41-38-52)73-69-30-7-4-27-65(69)66-28-5-8-31-70(66)73/h2,4,6-27,29-48H,1,3,5,28H2. The maximum Gasteiger partial charge on any atom is 0.0547 e. The molecule has 0 N–H and O–H groups in total. The van der Waals surface area contributed by atoms with Crippen LogP contribution in [-0.2, 0) is 6.42 Å². The molecule has 2 heterocycles. The Hall–Kier alpha value is -9.24. The maximum absolute atomic E-state index is 2.44. The molecule has 0 saturated heterocycles. The molecular formula is C72H52N2. The van der Waals surface area contributed by atoms with Crippen molar-refractivity contribution in [1.29, 1.82) is 0 Å². The average molecular weight is 945 g/mol. The van der Waals surface area contributed by atoms with E-state index in [1.807, 2.05) is 0 Å². The Kier molecular flexibility index (Phi) is 10.8. The highest BCUT2D eigenvalue weighted by molar-refractivity contribution is 6.10. The zero-order valence-corrected chi connectivity index (χ0v) is 41.1. The second-order valence-electron chi connectivity index (χ2n) is 19.9. The Morgan fingerprint density at radius 2 is 0.730 bits per heavy atom. The molecule has 2 aliphatic carbocycles. The first kappa shape index (κ1) is 43.5. The minimum Gasteiger partial charge on any atom is -0.310 e. The lowest BCUT2D eigenvalue weighted by molar-refractivity contribution is 0.967. The molecular weight excluding hydrogens is 893 g/mol. The molecule has 12 aromatic rings. The van der Waals surface area contributed by atoms with Crippen molar-refractivity contribution in [1.82, 2.24) is 9.13 Å². The van der Waals surface area contributed by atoms with Gasteiger partial charge in [0.05, 0.1) is 16.6 Å². The number of aromatic nitrogens is 2. The van der Waals surface area contributed by atoms with E-state index in [4.69, 9.17) is 0 Å². The molecule has 0 radical (unpaired) electrons. The smallest absolute Gasteiger partial charge is 0.0547 e. The Bertz CT molecular complexity index is 4230. The van der Waals surface area contributed by atoms with Gasteiger partial charge in [-0.3, -0.25) is 0 Å². The predicted octanol–water partition coefficient (Wildman–Crippen LogP) is 19.4. The van der Waals surface area contributed by atoms with Crippen molar-refractivity contribution in [3.63, 3.8) is 0 Å². The number of para-hydroxylation sites is 2. The molecule has 10 aromatic carbocycles. The normalized spacial score (nSPS) is 13.2. The molecule has 14 rings (SSSR count). The van der Waals surface area contributed by atoms with E-state index in [0.29, 0.717) is 0 Å². The Morgan fingerprint density at radius 3 is 1.34 bits per heavy atom. The van der Waals surface area contributed by atoms with Gasteiger partial charge in [-0.15, -0.1) is 0 Å². The molecule has 0 fully saturated rings. The fourth-order valence-electron chi connectivity index (χ4n) is 11.7. The third-order valence-corrected chi connectivity index (χ3v) is 15.4. The van der Waals surface area contributed by atoms with Crippen LogP contribution in [0, 0.1) is 0 Å². The van der Waals surface area contributed by atoms with Gasteiger partial charge in [-0.25, -0.2) is 0 Å². The maximum atomic E-state index is 2.44. The SMILES string of the molecule is C1=CC(c2cccc(-c3cccc(-c4cccc(-c5ccc(-c6cccc(-c7cccc(-n8c9ccccc9c9ccc(-c%10ccc(-n%11c%12c(c%13ccccc%13%11)CCC=C%12)cc%10)cc98)c7)c6)cc5)c4)c3)c2)=CCC1. The van der Waals surface area contributed by atoms with Gasteiger partial charge in [-0.2, -0.15) is 0 Å². The highest BCUT2D eigenvalue weighted by atomic mass is 15.0. The molecule has 0 unspecified atom stereocenters. The van der Waals surface area contributed by atoms with Crippen molar-refractivity contribution in [2.45, 2.75) is 25.7 Å². The summed E-state index contributed by atoms with van der Waals surface area (Å²) in [5.41, 5.74) is 25.8. The zero-order chi connectivity index (χ0) is 49.0. The van der Waals surface area contributed by atoms with Crippen LogP contribution in [0.25, 0.3) is 122 Å². The predicted molar refractivity (Wildman–Crippen MR) is 314 cm³/mol. The molecule has 0 bridgehead atoms. The average Bonchev–Trinajstić information content (AvgIpc) is 4.00. The summed E-state index contributed by atoms with van der Waals surface area (Å²) in [6.07, 6.45) is 15.9. The van der Waals surface area contributed by atoms with Crippen LogP contribution >= 0.6 is 0 Å². The van der Waals surface area contributed by atoms with Gasteiger partial charge in [0.2, 0.25) is 0 Å². The summed E-state index contributed by atoms with van der Waals surface area (Å²) in [5.74, 6) is 0. The Morgan fingerprint density at radius 1 is 0.270 bits per heavy atom. The number of hydrogen-bond acceptors (Lipinski definition) is 0. The fraction of sp³-hybridized carbons (Fsp3) is 0.0556. The van der Waals surface area contributed by atoms with Gasteiger partial charge < -0.3 is 9.13 Å². The number of fused-ring (bicyclic) bond motifs is 6. The van der Waals surface area contributed by atoms with Gasteiger partial charge >= 0.3 is 0 Å². The third-order valence-electron chi connectivity index (χ3n) is 15.4. The Balaban J connectivity index is 0.742. The molecule has 74 heavy (non-hydrogen) atoms. The van der Waals surface area contributed by atoms with Crippen molar-refractivity contribution in [2.24, 2.45) is 0 Å². The monoisotopic (exact) mass is 944 g/mol. The zero-order valence-electron chi connectivity index (χ0n) is 41.1. The van der Waals surface area contributed by atoms with Gasteiger partial charge in [-0.1, -0.05) is 194 Å². The number of aryl methyl sites for hydroxylation is 1. The van der Waals surface area contributed by atoms with Crippen LogP contribution in [0.1, 0.15) is 36.1 Å². The molecule has 2 aliphatic rings. The highest BCUT2D eigenvalue weighted by Crippen LogP contribution is 2.39. The van der Waals surface area contributed by atoms with Crippen LogP contribution < -0.4 is 0 Å². The first-order valence-corrected chi connectivity index (χ1v) is 26.1. The summed E-state index contributed by atoms with van der Waals surface area (Å²) in [6, 6.07) is 87.6. The Labute approximate surface area is 432 Å². The van der Waals surface area contributed by atoms with E-state index >= 15 is 0 Å². The van der Waals surface area contributed by atoms with E-state index in [2.05, 4.69) is 276 Å². The minimum absolute atomic E-state index is 1.08. The van der Waals surface area contributed by atoms with Crippen LogP contribution in [0.5, 0.6) is 0 Å². The van der Waals surface area contributed by atoms with Crippen molar-refractivity contribution < 1.29 is 0 Å².